The van der Waals surface area contributed by atoms with Gasteiger partial charge in [-0.2, -0.15) is 0 Å². The molecule has 2 amide bonds. The molecule has 2 aromatic rings. The molecular weight excluding hydrogens is 348 g/mol. The third-order valence-electron chi connectivity index (χ3n) is 3.08. The molecule has 2 rings (SSSR count). The Bertz CT molecular complexity index is 682. The van der Waals surface area contributed by atoms with Crippen molar-refractivity contribution in [3.8, 4) is 0 Å². The predicted octanol–water partition coefficient (Wildman–Crippen LogP) is 2.74. The van der Waals surface area contributed by atoms with Crippen molar-refractivity contribution >= 4 is 27.7 Å². The largest absolute Gasteiger partial charge is 0.444 e. The molecule has 0 radical (unpaired) electrons. The van der Waals surface area contributed by atoms with Crippen molar-refractivity contribution < 1.29 is 14.0 Å². The fourth-order valence-electron chi connectivity index (χ4n) is 1.98. The van der Waals surface area contributed by atoms with Crippen LogP contribution in [0.5, 0.6) is 0 Å². The maximum absolute atomic E-state index is 12.0. The molecule has 5 nitrogen and oxygen atoms in total. The number of nitrogens with zero attached hydrogens (tertiary/aromatic N) is 1. The van der Waals surface area contributed by atoms with Crippen LogP contribution in [-0.4, -0.2) is 30.3 Å². The highest BCUT2D eigenvalue weighted by atomic mass is 79.9. The lowest BCUT2D eigenvalue weighted by molar-refractivity contribution is -0.121. The number of aryl methyl sites for hydroxylation is 1. The summed E-state index contributed by atoms with van der Waals surface area (Å²) in [6, 6.07) is 11.1. The van der Waals surface area contributed by atoms with Crippen molar-refractivity contribution in [1.29, 1.82) is 0 Å². The second-order valence-electron chi connectivity index (χ2n) is 5.03. The number of benzene rings is 1. The summed E-state index contributed by atoms with van der Waals surface area (Å²) >= 11 is 3.14. The Labute approximate surface area is 137 Å². The van der Waals surface area contributed by atoms with E-state index in [-0.39, 0.29) is 24.1 Å². The van der Waals surface area contributed by atoms with Gasteiger partial charge in [-0.25, -0.2) is 0 Å². The molecule has 0 saturated heterocycles. The van der Waals surface area contributed by atoms with E-state index in [0.717, 1.165) is 11.1 Å². The summed E-state index contributed by atoms with van der Waals surface area (Å²) in [5, 5.41) is 2.80. The molecule has 22 heavy (non-hydrogen) atoms. The van der Waals surface area contributed by atoms with Crippen LogP contribution in [0.15, 0.2) is 45.5 Å². The van der Waals surface area contributed by atoms with Gasteiger partial charge in [0.1, 0.15) is 0 Å². The maximum Gasteiger partial charge on any atom is 0.289 e. The molecule has 0 atom stereocenters. The van der Waals surface area contributed by atoms with Gasteiger partial charge in [-0.1, -0.05) is 29.8 Å². The quantitative estimate of drug-likeness (QED) is 0.886. The Morgan fingerprint density at radius 1 is 1.27 bits per heavy atom. The summed E-state index contributed by atoms with van der Waals surface area (Å²) in [5.74, 6) is -0.361. The van der Waals surface area contributed by atoms with E-state index in [0.29, 0.717) is 11.2 Å². The SMILES string of the molecule is Cc1cccc(CNC(=O)CN(C)C(=O)c2ccc(Br)o2)c1. The molecule has 1 aromatic carbocycles. The number of carbonyl (C=O) groups excluding carboxylic acids is 2. The standard InChI is InChI=1S/C16H17BrN2O3/c1-11-4-3-5-12(8-11)9-18-15(20)10-19(2)16(21)13-6-7-14(17)22-13/h3-8H,9-10H2,1-2H3,(H,18,20). The van der Waals surface area contributed by atoms with Crippen molar-refractivity contribution in [3.63, 3.8) is 0 Å². The summed E-state index contributed by atoms with van der Waals surface area (Å²) in [4.78, 5) is 25.3. The molecule has 0 aliphatic rings. The molecule has 1 N–H and O–H groups in total. The molecule has 116 valence electrons. The van der Waals surface area contributed by atoms with Crippen molar-refractivity contribution in [3.05, 3.63) is 58.0 Å². The Morgan fingerprint density at radius 2 is 2.05 bits per heavy atom. The third kappa shape index (κ3) is 4.46. The normalized spacial score (nSPS) is 10.3. The van der Waals surface area contributed by atoms with Crippen LogP contribution in [0.1, 0.15) is 21.7 Å². The highest BCUT2D eigenvalue weighted by Gasteiger charge is 2.17. The van der Waals surface area contributed by atoms with Crippen LogP contribution in [0.3, 0.4) is 0 Å². The number of hydrogen-bond donors (Lipinski definition) is 1. The smallest absolute Gasteiger partial charge is 0.289 e. The van der Waals surface area contributed by atoms with Gasteiger partial charge >= 0.3 is 0 Å². The van der Waals surface area contributed by atoms with E-state index in [4.69, 9.17) is 4.42 Å². The molecule has 6 heteroatoms. The molecule has 1 aromatic heterocycles. The number of nitrogens with one attached hydrogen (secondary N) is 1. The first-order valence-corrected chi connectivity index (χ1v) is 7.58. The van der Waals surface area contributed by atoms with Crippen LogP contribution in [0.4, 0.5) is 0 Å². The number of amides is 2. The van der Waals surface area contributed by atoms with E-state index in [2.05, 4.69) is 21.2 Å². The summed E-state index contributed by atoms with van der Waals surface area (Å²) in [7, 11) is 1.56. The van der Waals surface area contributed by atoms with Crippen LogP contribution in [0.2, 0.25) is 0 Å². The van der Waals surface area contributed by atoms with Crippen LogP contribution in [-0.2, 0) is 11.3 Å². The highest BCUT2D eigenvalue weighted by Crippen LogP contribution is 2.15. The average Bonchev–Trinajstić information content (AvgIpc) is 2.91. The summed E-state index contributed by atoms with van der Waals surface area (Å²) in [5.41, 5.74) is 2.17. The van der Waals surface area contributed by atoms with E-state index in [9.17, 15) is 9.59 Å². The van der Waals surface area contributed by atoms with Crippen molar-refractivity contribution in [1.82, 2.24) is 10.2 Å². The van der Waals surface area contributed by atoms with Crippen LogP contribution >= 0.6 is 15.9 Å². The Kier molecular flexibility index (Phi) is 5.38. The molecule has 0 unspecified atom stereocenters. The fourth-order valence-corrected chi connectivity index (χ4v) is 2.29. The third-order valence-corrected chi connectivity index (χ3v) is 3.51. The first kappa shape index (κ1) is 16.3. The van der Waals surface area contributed by atoms with Gasteiger partial charge in [0.05, 0.1) is 6.54 Å². The van der Waals surface area contributed by atoms with Crippen LogP contribution in [0.25, 0.3) is 0 Å². The molecule has 0 aliphatic carbocycles. The lowest BCUT2D eigenvalue weighted by Gasteiger charge is -2.15. The Morgan fingerprint density at radius 3 is 2.68 bits per heavy atom. The van der Waals surface area contributed by atoms with Gasteiger partial charge in [0, 0.05) is 13.6 Å². The summed E-state index contributed by atoms with van der Waals surface area (Å²) in [6.45, 7) is 2.41. The zero-order valence-corrected chi connectivity index (χ0v) is 14.0. The number of carbonyl (C=O) groups is 2. The van der Waals surface area contributed by atoms with Gasteiger partial charge in [-0.15, -0.1) is 0 Å². The Balaban J connectivity index is 1.85. The first-order chi connectivity index (χ1) is 10.5. The number of furan rings is 1. The van der Waals surface area contributed by atoms with Crippen molar-refractivity contribution in [2.45, 2.75) is 13.5 Å². The maximum atomic E-state index is 12.0. The number of hydrogen-bond acceptors (Lipinski definition) is 3. The lowest BCUT2D eigenvalue weighted by Crippen LogP contribution is -2.38. The van der Waals surface area contributed by atoms with Gasteiger partial charge in [0.25, 0.3) is 5.91 Å². The second-order valence-corrected chi connectivity index (χ2v) is 5.81. The molecule has 0 bridgehead atoms. The van der Waals surface area contributed by atoms with Crippen LogP contribution in [0, 0.1) is 6.92 Å². The number of likely N-dealkylation sites (N-methyl/N-ethyl adjacent to an activating group) is 1. The predicted molar refractivity (Wildman–Crippen MR) is 86.4 cm³/mol. The van der Waals surface area contributed by atoms with E-state index in [1.807, 2.05) is 31.2 Å². The Hall–Kier alpha value is -2.08. The lowest BCUT2D eigenvalue weighted by atomic mass is 10.1. The van der Waals surface area contributed by atoms with E-state index < -0.39 is 0 Å². The first-order valence-electron chi connectivity index (χ1n) is 6.79. The van der Waals surface area contributed by atoms with E-state index in [1.54, 1.807) is 19.2 Å². The van der Waals surface area contributed by atoms with Gasteiger partial charge in [-0.05, 0) is 40.5 Å². The van der Waals surface area contributed by atoms with E-state index in [1.165, 1.54) is 4.90 Å². The topological polar surface area (TPSA) is 62.6 Å². The van der Waals surface area contributed by atoms with Gasteiger partial charge in [0.2, 0.25) is 5.91 Å². The van der Waals surface area contributed by atoms with E-state index >= 15 is 0 Å². The number of halogens is 1. The van der Waals surface area contributed by atoms with Gasteiger partial charge in [0.15, 0.2) is 10.4 Å². The molecule has 0 fully saturated rings. The molecule has 0 aliphatic heterocycles. The van der Waals surface area contributed by atoms with Crippen molar-refractivity contribution in [2.24, 2.45) is 0 Å². The summed E-state index contributed by atoms with van der Waals surface area (Å²) < 4.78 is 5.66. The highest BCUT2D eigenvalue weighted by molar-refractivity contribution is 9.10. The average molecular weight is 365 g/mol. The number of rotatable bonds is 5. The van der Waals surface area contributed by atoms with Crippen LogP contribution < -0.4 is 5.32 Å². The molecule has 0 spiro atoms. The molecular formula is C16H17BrN2O3. The monoisotopic (exact) mass is 364 g/mol. The van der Waals surface area contributed by atoms with Gasteiger partial charge < -0.3 is 14.6 Å². The fraction of sp³-hybridized carbons (Fsp3) is 0.250. The zero-order chi connectivity index (χ0) is 16.1. The zero-order valence-electron chi connectivity index (χ0n) is 12.4. The molecule has 0 saturated carbocycles. The molecule has 1 heterocycles. The van der Waals surface area contributed by atoms with Crippen molar-refractivity contribution in [2.75, 3.05) is 13.6 Å². The minimum absolute atomic E-state index is 0.0248. The second kappa shape index (κ2) is 7.26. The minimum atomic E-state index is -0.337. The van der Waals surface area contributed by atoms with Gasteiger partial charge in [-0.3, -0.25) is 9.59 Å². The minimum Gasteiger partial charge on any atom is -0.444 e. The summed E-state index contributed by atoms with van der Waals surface area (Å²) in [6.07, 6.45) is 0.